The van der Waals surface area contributed by atoms with Crippen molar-refractivity contribution in [2.24, 2.45) is 0 Å². The van der Waals surface area contributed by atoms with Crippen LogP contribution in [0, 0.1) is 0 Å². The van der Waals surface area contributed by atoms with Crippen LogP contribution < -0.4 is 4.90 Å². The molecule has 0 aliphatic carbocycles. The van der Waals surface area contributed by atoms with Crippen molar-refractivity contribution >= 4 is 17.5 Å². The van der Waals surface area contributed by atoms with E-state index in [4.69, 9.17) is 0 Å². The summed E-state index contributed by atoms with van der Waals surface area (Å²) in [4.78, 5) is 34.4. The summed E-state index contributed by atoms with van der Waals surface area (Å²) >= 11 is 0. The zero-order valence-corrected chi connectivity index (χ0v) is 16.0. The van der Waals surface area contributed by atoms with Crippen molar-refractivity contribution in [3.8, 4) is 0 Å². The molecule has 0 saturated carbocycles. The Labute approximate surface area is 160 Å². The maximum atomic E-state index is 12.9. The van der Waals surface area contributed by atoms with Crippen LogP contribution in [0.2, 0.25) is 0 Å². The number of hydrogen-bond donors (Lipinski definition) is 0. The van der Waals surface area contributed by atoms with E-state index in [0.29, 0.717) is 31.7 Å². The van der Waals surface area contributed by atoms with E-state index in [2.05, 4.69) is 28.9 Å². The first-order chi connectivity index (χ1) is 13.1. The van der Waals surface area contributed by atoms with Crippen molar-refractivity contribution in [1.29, 1.82) is 0 Å². The molecule has 1 aromatic carbocycles. The molecule has 2 amide bonds. The first kappa shape index (κ1) is 18.9. The molecule has 6 nitrogen and oxygen atoms in total. The third-order valence-electron chi connectivity index (χ3n) is 4.95. The number of amides is 2. The molecule has 0 atom stereocenters. The van der Waals surface area contributed by atoms with Crippen LogP contribution in [0.5, 0.6) is 0 Å². The van der Waals surface area contributed by atoms with Crippen LogP contribution in [0.25, 0.3) is 0 Å². The molecule has 1 fully saturated rings. The highest BCUT2D eigenvalue weighted by molar-refractivity contribution is 5.95. The van der Waals surface area contributed by atoms with E-state index in [-0.39, 0.29) is 11.8 Å². The summed E-state index contributed by atoms with van der Waals surface area (Å²) < 4.78 is 0. The number of benzene rings is 1. The molecule has 142 valence electrons. The second-order valence-corrected chi connectivity index (χ2v) is 6.73. The van der Waals surface area contributed by atoms with E-state index in [0.717, 1.165) is 18.8 Å². The summed E-state index contributed by atoms with van der Waals surface area (Å²) in [6.45, 7) is 7.55. The maximum Gasteiger partial charge on any atom is 0.255 e. The second kappa shape index (κ2) is 8.66. The monoisotopic (exact) mass is 366 g/mol. The van der Waals surface area contributed by atoms with Crippen molar-refractivity contribution in [3.05, 3.63) is 59.9 Å². The van der Waals surface area contributed by atoms with Gasteiger partial charge < -0.3 is 14.7 Å². The van der Waals surface area contributed by atoms with Gasteiger partial charge in [0.25, 0.3) is 5.91 Å². The molecular formula is C21H26N4O2. The van der Waals surface area contributed by atoms with Gasteiger partial charge in [-0.1, -0.05) is 30.3 Å². The van der Waals surface area contributed by atoms with Crippen LogP contribution in [-0.4, -0.2) is 59.3 Å². The lowest BCUT2D eigenvalue weighted by molar-refractivity contribution is -0.130. The van der Waals surface area contributed by atoms with Crippen molar-refractivity contribution < 1.29 is 9.59 Å². The van der Waals surface area contributed by atoms with E-state index in [9.17, 15) is 9.59 Å². The number of piperazine rings is 1. The first-order valence-electron chi connectivity index (χ1n) is 9.37. The Morgan fingerprint density at radius 1 is 1.04 bits per heavy atom. The standard InChI is InChI=1S/C21H26N4O2/c1-3-23(16-18-7-5-4-6-8-18)20-13-19(14-22-15-20)21(27)25-11-9-24(10-12-25)17(2)26/h4-8,13-15H,3,9-12,16H2,1-2H3. The molecule has 6 heteroatoms. The average Bonchev–Trinajstić information content (AvgIpc) is 2.72. The number of pyridine rings is 1. The summed E-state index contributed by atoms with van der Waals surface area (Å²) in [5, 5.41) is 0. The minimum absolute atomic E-state index is 0.0247. The van der Waals surface area contributed by atoms with Crippen LogP contribution in [0.4, 0.5) is 5.69 Å². The minimum atomic E-state index is -0.0247. The third kappa shape index (κ3) is 4.64. The Balaban J connectivity index is 1.71. The molecule has 1 aliphatic rings. The summed E-state index contributed by atoms with van der Waals surface area (Å²) in [6.07, 6.45) is 3.43. The van der Waals surface area contributed by atoms with Gasteiger partial charge in [-0.3, -0.25) is 14.6 Å². The van der Waals surface area contributed by atoms with Crippen molar-refractivity contribution in [2.75, 3.05) is 37.6 Å². The summed E-state index contributed by atoms with van der Waals surface area (Å²) in [5.41, 5.74) is 2.75. The van der Waals surface area contributed by atoms with E-state index in [1.54, 1.807) is 29.1 Å². The molecule has 1 aliphatic heterocycles. The molecular weight excluding hydrogens is 340 g/mol. The summed E-state index contributed by atoms with van der Waals surface area (Å²) in [5.74, 6) is 0.0357. The lowest BCUT2D eigenvalue weighted by atomic mass is 10.1. The molecule has 2 heterocycles. The number of aromatic nitrogens is 1. The Hall–Kier alpha value is -2.89. The molecule has 27 heavy (non-hydrogen) atoms. The molecule has 0 radical (unpaired) electrons. The number of hydrogen-bond acceptors (Lipinski definition) is 4. The number of carbonyl (C=O) groups is 2. The lowest BCUT2D eigenvalue weighted by Gasteiger charge is -2.34. The molecule has 0 bridgehead atoms. The van der Waals surface area contributed by atoms with Crippen LogP contribution >= 0.6 is 0 Å². The largest absolute Gasteiger partial charge is 0.366 e. The Bertz CT molecular complexity index is 786. The summed E-state index contributed by atoms with van der Waals surface area (Å²) in [7, 11) is 0. The van der Waals surface area contributed by atoms with Gasteiger partial charge in [0.05, 0.1) is 17.4 Å². The van der Waals surface area contributed by atoms with Gasteiger partial charge >= 0.3 is 0 Å². The van der Waals surface area contributed by atoms with Crippen LogP contribution in [-0.2, 0) is 11.3 Å². The van der Waals surface area contributed by atoms with E-state index in [1.165, 1.54) is 5.56 Å². The maximum absolute atomic E-state index is 12.9. The van der Waals surface area contributed by atoms with Gasteiger partial charge in [0, 0.05) is 52.4 Å². The predicted molar refractivity (Wildman–Crippen MR) is 106 cm³/mol. The van der Waals surface area contributed by atoms with Gasteiger partial charge in [-0.15, -0.1) is 0 Å². The highest BCUT2D eigenvalue weighted by atomic mass is 16.2. The quantitative estimate of drug-likeness (QED) is 0.815. The molecule has 0 spiro atoms. The lowest BCUT2D eigenvalue weighted by Crippen LogP contribution is -2.50. The highest BCUT2D eigenvalue weighted by Gasteiger charge is 2.23. The molecule has 1 aromatic heterocycles. The summed E-state index contributed by atoms with van der Waals surface area (Å²) in [6, 6.07) is 12.2. The fraction of sp³-hybridized carbons (Fsp3) is 0.381. The van der Waals surface area contributed by atoms with Crippen molar-refractivity contribution in [3.63, 3.8) is 0 Å². The van der Waals surface area contributed by atoms with Crippen LogP contribution in [0.1, 0.15) is 29.8 Å². The van der Waals surface area contributed by atoms with Gasteiger partial charge in [0.15, 0.2) is 0 Å². The number of rotatable bonds is 5. The van der Waals surface area contributed by atoms with Crippen LogP contribution in [0.3, 0.4) is 0 Å². The fourth-order valence-electron chi connectivity index (χ4n) is 3.31. The predicted octanol–water partition coefficient (Wildman–Crippen LogP) is 2.41. The molecule has 0 unspecified atom stereocenters. The minimum Gasteiger partial charge on any atom is -0.366 e. The average molecular weight is 366 g/mol. The zero-order valence-electron chi connectivity index (χ0n) is 16.0. The van der Waals surface area contributed by atoms with E-state index >= 15 is 0 Å². The van der Waals surface area contributed by atoms with Gasteiger partial charge in [0.2, 0.25) is 5.91 Å². The normalized spacial score (nSPS) is 14.1. The second-order valence-electron chi connectivity index (χ2n) is 6.73. The number of carbonyl (C=O) groups excluding carboxylic acids is 2. The van der Waals surface area contributed by atoms with Gasteiger partial charge in [-0.2, -0.15) is 0 Å². The Morgan fingerprint density at radius 2 is 1.70 bits per heavy atom. The third-order valence-corrected chi connectivity index (χ3v) is 4.95. The highest BCUT2D eigenvalue weighted by Crippen LogP contribution is 2.19. The van der Waals surface area contributed by atoms with Gasteiger partial charge in [0.1, 0.15) is 0 Å². The molecule has 0 N–H and O–H groups in total. The van der Waals surface area contributed by atoms with Crippen molar-refractivity contribution in [2.45, 2.75) is 20.4 Å². The molecule has 2 aromatic rings. The molecule has 3 rings (SSSR count). The number of anilines is 1. The fourth-order valence-corrected chi connectivity index (χ4v) is 3.31. The Kier molecular flexibility index (Phi) is 6.06. The van der Waals surface area contributed by atoms with E-state index in [1.807, 2.05) is 24.3 Å². The SMILES string of the molecule is CCN(Cc1ccccc1)c1cncc(C(=O)N2CCN(C(C)=O)CC2)c1. The van der Waals surface area contributed by atoms with Crippen molar-refractivity contribution in [1.82, 2.24) is 14.8 Å². The molecule has 1 saturated heterocycles. The van der Waals surface area contributed by atoms with Crippen LogP contribution in [0.15, 0.2) is 48.8 Å². The topological polar surface area (TPSA) is 56.8 Å². The Morgan fingerprint density at radius 3 is 2.33 bits per heavy atom. The van der Waals surface area contributed by atoms with Gasteiger partial charge in [-0.05, 0) is 18.6 Å². The first-order valence-corrected chi connectivity index (χ1v) is 9.37. The van der Waals surface area contributed by atoms with Gasteiger partial charge in [-0.25, -0.2) is 0 Å². The smallest absolute Gasteiger partial charge is 0.255 e. The van der Waals surface area contributed by atoms with E-state index < -0.39 is 0 Å². The zero-order chi connectivity index (χ0) is 19.2. The number of nitrogens with zero attached hydrogens (tertiary/aromatic N) is 4.